The van der Waals surface area contributed by atoms with Gasteiger partial charge < -0.3 is 14.2 Å². The molecule has 1 aromatic rings. The van der Waals surface area contributed by atoms with Gasteiger partial charge in [-0.05, 0) is 31.9 Å². The lowest BCUT2D eigenvalue weighted by molar-refractivity contribution is -0.137. The van der Waals surface area contributed by atoms with Gasteiger partial charge in [0, 0.05) is 12.0 Å². The highest BCUT2D eigenvalue weighted by molar-refractivity contribution is 5.82. The van der Waals surface area contributed by atoms with Crippen LogP contribution < -0.4 is 0 Å². The topological polar surface area (TPSA) is 44.8 Å². The van der Waals surface area contributed by atoms with Crippen LogP contribution >= 0.6 is 0 Å². The predicted octanol–water partition coefficient (Wildman–Crippen LogP) is 4.06. The fraction of sp³-hybridized carbons (Fsp3) is 0.476. The molecular formula is C21H28O4. The minimum atomic E-state index is -0.320. The van der Waals surface area contributed by atoms with Crippen molar-refractivity contribution in [1.82, 2.24) is 0 Å². The quantitative estimate of drug-likeness (QED) is 0.425. The molecule has 1 heterocycles. The Morgan fingerprint density at radius 1 is 1.28 bits per heavy atom. The lowest BCUT2D eigenvalue weighted by Gasteiger charge is -2.34. The van der Waals surface area contributed by atoms with Crippen molar-refractivity contribution in [2.75, 3.05) is 13.2 Å². The van der Waals surface area contributed by atoms with Gasteiger partial charge in [-0.25, -0.2) is 4.79 Å². The van der Waals surface area contributed by atoms with Gasteiger partial charge in [0.2, 0.25) is 0 Å². The number of carbonyl (C=O) groups is 1. The molecule has 0 radical (unpaired) electrons. The summed E-state index contributed by atoms with van der Waals surface area (Å²) < 4.78 is 17.0. The van der Waals surface area contributed by atoms with Crippen LogP contribution in [0.25, 0.3) is 0 Å². The highest BCUT2D eigenvalue weighted by Crippen LogP contribution is 2.29. The monoisotopic (exact) mass is 344 g/mol. The zero-order chi connectivity index (χ0) is 18.2. The maximum atomic E-state index is 11.7. The Bertz CT molecular complexity index is 618. The lowest BCUT2D eigenvalue weighted by atomic mass is 9.88. The molecule has 0 aromatic heterocycles. The SMILES string of the molecule is CCOC(=O)/C=C(\C)[C@H]1O[C@@H](COCc2ccccc2)C=C(C)[C@H]1C. The largest absolute Gasteiger partial charge is 0.463 e. The molecule has 4 nitrogen and oxygen atoms in total. The normalized spacial score (nSPS) is 23.9. The Labute approximate surface area is 150 Å². The molecule has 0 amide bonds. The van der Waals surface area contributed by atoms with E-state index < -0.39 is 0 Å². The van der Waals surface area contributed by atoms with E-state index in [2.05, 4.69) is 19.9 Å². The van der Waals surface area contributed by atoms with E-state index in [1.807, 2.05) is 37.3 Å². The van der Waals surface area contributed by atoms with Gasteiger partial charge >= 0.3 is 5.97 Å². The third-order valence-corrected chi connectivity index (χ3v) is 4.42. The standard InChI is InChI=1S/C21H28O4/c1-5-24-20(22)12-16(3)21-17(4)15(2)11-19(25-21)14-23-13-18-9-7-6-8-10-18/h6-12,17,19,21H,5,13-14H2,1-4H3/b16-12+/t17-,19-,21-/m1/s1. The fourth-order valence-electron chi connectivity index (χ4n) is 2.94. The van der Waals surface area contributed by atoms with Crippen molar-refractivity contribution in [2.24, 2.45) is 5.92 Å². The van der Waals surface area contributed by atoms with E-state index in [9.17, 15) is 4.79 Å². The Morgan fingerprint density at radius 3 is 2.68 bits per heavy atom. The molecule has 0 unspecified atom stereocenters. The molecule has 4 heteroatoms. The molecule has 0 saturated heterocycles. The summed E-state index contributed by atoms with van der Waals surface area (Å²) in [4.78, 5) is 11.7. The molecule has 136 valence electrons. The second-order valence-electron chi connectivity index (χ2n) is 6.44. The van der Waals surface area contributed by atoms with Crippen molar-refractivity contribution < 1.29 is 19.0 Å². The summed E-state index contributed by atoms with van der Waals surface area (Å²) in [5, 5.41) is 0. The molecule has 0 fully saturated rings. The van der Waals surface area contributed by atoms with Crippen LogP contribution in [0.5, 0.6) is 0 Å². The zero-order valence-corrected chi connectivity index (χ0v) is 15.5. The lowest BCUT2D eigenvalue weighted by Crippen LogP contribution is -2.35. The first-order valence-corrected chi connectivity index (χ1v) is 8.81. The fourth-order valence-corrected chi connectivity index (χ4v) is 2.94. The average Bonchev–Trinajstić information content (AvgIpc) is 2.59. The first-order chi connectivity index (χ1) is 12.0. The van der Waals surface area contributed by atoms with Crippen LogP contribution in [0.3, 0.4) is 0 Å². The minimum absolute atomic E-state index is 0.115. The predicted molar refractivity (Wildman–Crippen MR) is 98.1 cm³/mol. The Morgan fingerprint density at radius 2 is 2.00 bits per heavy atom. The van der Waals surface area contributed by atoms with E-state index >= 15 is 0 Å². The number of ether oxygens (including phenoxy) is 3. The second-order valence-corrected chi connectivity index (χ2v) is 6.44. The minimum Gasteiger partial charge on any atom is -0.463 e. The van der Waals surface area contributed by atoms with Crippen molar-refractivity contribution in [1.29, 1.82) is 0 Å². The van der Waals surface area contributed by atoms with E-state index in [0.717, 1.165) is 11.1 Å². The Hall–Kier alpha value is -1.91. The first kappa shape index (κ1) is 19.4. The second kappa shape index (κ2) is 9.54. The van der Waals surface area contributed by atoms with Crippen molar-refractivity contribution >= 4 is 5.97 Å². The van der Waals surface area contributed by atoms with E-state index in [0.29, 0.717) is 19.8 Å². The summed E-state index contributed by atoms with van der Waals surface area (Å²) in [6.45, 7) is 9.35. The van der Waals surface area contributed by atoms with Crippen molar-refractivity contribution in [2.45, 2.75) is 46.5 Å². The Balaban J connectivity index is 1.95. The summed E-state index contributed by atoms with van der Waals surface area (Å²) in [5.74, 6) is -0.101. The van der Waals surface area contributed by atoms with Crippen molar-refractivity contribution in [3.05, 3.63) is 59.2 Å². The van der Waals surface area contributed by atoms with Gasteiger partial charge in [0.05, 0.1) is 25.9 Å². The molecule has 0 N–H and O–H groups in total. The highest BCUT2D eigenvalue weighted by atomic mass is 16.5. The third kappa shape index (κ3) is 5.83. The van der Waals surface area contributed by atoms with Gasteiger partial charge in [0.25, 0.3) is 0 Å². The van der Waals surface area contributed by atoms with Gasteiger partial charge in [-0.2, -0.15) is 0 Å². The van der Waals surface area contributed by atoms with Crippen molar-refractivity contribution in [3.8, 4) is 0 Å². The highest BCUT2D eigenvalue weighted by Gasteiger charge is 2.29. The van der Waals surface area contributed by atoms with Gasteiger partial charge in [-0.3, -0.25) is 0 Å². The Kier molecular flexibility index (Phi) is 7.41. The molecule has 0 saturated carbocycles. The number of benzene rings is 1. The summed E-state index contributed by atoms with van der Waals surface area (Å²) >= 11 is 0. The molecule has 0 spiro atoms. The molecule has 1 aliphatic rings. The summed E-state index contributed by atoms with van der Waals surface area (Å²) in [5.41, 5.74) is 3.27. The summed E-state index contributed by atoms with van der Waals surface area (Å²) in [6.07, 6.45) is 3.39. The third-order valence-electron chi connectivity index (χ3n) is 4.42. The van der Waals surface area contributed by atoms with Crippen LogP contribution in [0, 0.1) is 5.92 Å². The smallest absolute Gasteiger partial charge is 0.330 e. The van der Waals surface area contributed by atoms with E-state index in [4.69, 9.17) is 14.2 Å². The maximum Gasteiger partial charge on any atom is 0.330 e. The van der Waals surface area contributed by atoms with Crippen molar-refractivity contribution in [3.63, 3.8) is 0 Å². The molecule has 2 rings (SSSR count). The van der Waals surface area contributed by atoms with Crippen LogP contribution in [0.2, 0.25) is 0 Å². The summed E-state index contributed by atoms with van der Waals surface area (Å²) in [7, 11) is 0. The van der Waals surface area contributed by atoms with Gasteiger partial charge in [0.1, 0.15) is 6.10 Å². The zero-order valence-electron chi connectivity index (χ0n) is 15.5. The number of esters is 1. The molecular weight excluding hydrogens is 316 g/mol. The average molecular weight is 344 g/mol. The first-order valence-electron chi connectivity index (χ1n) is 8.81. The van der Waals surface area contributed by atoms with Crippen LogP contribution in [-0.2, 0) is 25.6 Å². The molecule has 0 aliphatic carbocycles. The van der Waals surface area contributed by atoms with E-state index in [1.165, 1.54) is 11.6 Å². The van der Waals surface area contributed by atoms with Gasteiger partial charge in [-0.1, -0.05) is 48.9 Å². The molecule has 25 heavy (non-hydrogen) atoms. The van der Waals surface area contributed by atoms with Crippen LogP contribution in [-0.4, -0.2) is 31.4 Å². The number of rotatable bonds is 7. The van der Waals surface area contributed by atoms with E-state index in [1.54, 1.807) is 6.92 Å². The maximum absolute atomic E-state index is 11.7. The van der Waals surface area contributed by atoms with Crippen LogP contribution in [0.1, 0.15) is 33.3 Å². The summed E-state index contributed by atoms with van der Waals surface area (Å²) in [6, 6.07) is 10.1. The van der Waals surface area contributed by atoms with Gasteiger partial charge in [0.15, 0.2) is 0 Å². The van der Waals surface area contributed by atoms with Gasteiger partial charge in [-0.15, -0.1) is 0 Å². The van der Waals surface area contributed by atoms with E-state index in [-0.39, 0.29) is 24.1 Å². The van der Waals surface area contributed by atoms with Crippen LogP contribution in [0.15, 0.2) is 53.6 Å². The van der Waals surface area contributed by atoms with Crippen LogP contribution in [0.4, 0.5) is 0 Å². The molecule has 1 aliphatic heterocycles. The molecule has 3 atom stereocenters. The molecule has 1 aromatic carbocycles. The number of carbonyl (C=O) groups excluding carboxylic acids is 1. The molecule has 0 bridgehead atoms. The number of hydrogen-bond acceptors (Lipinski definition) is 4. The number of hydrogen-bond donors (Lipinski definition) is 0.